The zero-order valence-corrected chi connectivity index (χ0v) is 11.3. The van der Waals surface area contributed by atoms with Crippen molar-refractivity contribution in [1.29, 1.82) is 5.41 Å². The lowest BCUT2D eigenvalue weighted by Crippen LogP contribution is -2.20. The fourth-order valence-corrected chi connectivity index (χ4v) is 1.65. The molecule has 1 rings (SSSR count). The van der Waals surface area contributed by atoms with Crippen LogP contribution in [0.5, 0.6) is 0 Å². The Labute approximate surface area is 107 Å². The van der Waals surface area contributed by atoms with Crippen molar-refractivity contribution >= 4 is 11.7 Å². The molecule has 0 spiro atoms. The van der Waals surface area contributed by atoms with Crippen LogP contribution in [0.1, 0.15) is 55.9 Å². The van der Waals surface area contributed by atoms with Crippen LogP contribution in [0.25, 0.3) is 0 Å². The Hall–Kier alpha value is -1.62. The van der Waals surface area contributed by atoms with Crippen molar-refractivity contribution in [3.8, 4) is 0 Å². The highest BCUT2D eigenvalue weighted by Crippen LogP contribution is 2.26. The molecular weight excluding hydrogens is 232 g/mol. The molecule has 18 heavy (non-hydrogen) atoms. The molecule has 0 fully saturated rings. The second-order valence-corrected chi connectivity index (χ2v) is 4.58. The van der Waals surface area contributed by atoms with Gasteiger partial charge in [0.05, 0.1) is 23.6 Å². The number of aromatic amines is 1. The minimum atomic E-state index is -1.16. The van der Waals surface area contributed by atoms with E-state index in [1.807, 2.05) is 6.92 Å². The Kier molecular flexibility index (Phi) is 4.29. The van der Waals surface area contributed by atoms with Crippen LogP contribution in [0, 0.1) is 5.41 Å². The van der Waals surface area contributed by atoms with Gasteiger partial charge < -0.3 is 20.2 Å². The van der Waals surface area contributed by atoms with Crippen LogP contribution in [-0.4, -0.2) is 28.4 Å². The SMILES string of the molecule is CCOC(=O)c1[nH]c(C(=N)CC)cc1C(C)(C)O. The van der Waals surface area contributed by atoms with Gasteiger partial charge in [0.2, 0.25) is 0 Å². The van der Waals surface area contributed by atoms with Gasteiger partial charge in [-0.3, -0.25) is 0 Å². The van der Waals surface area contributed by atoms with Crippen LogP contribution in [0.15, 0.2) is 6.07 Å². The molecule has 1 heterocycles. The molecule has 0 aliphatic carbocycles. The average Bonchev–Trinajstić information content (AvgIpc) is 2.72. The van der Waals surface area contributed by atoms with Crippen molar-refractivity contribution in [1.82, 2.24) is 4.98 Å². The molecule has 0 bridgehead atoms. The Morgan fingerprint density at radius 1 is 1.50 bits per heavy atom. The van der Waals surface area contributed by atoms with Gasteiger partial charge >= 0.3 is 5.97 Å². The Morgan fingerprint density at radius 2 is 2.11 bits per heavy atom. The molecule has 0 atom stereocenters. The zero-order chi connectivity index (χ0) is 13.9. The molecule has 5 nitrogen and oxygen atoms in total. The smallest absolute Gasteiger partial charge is 0.355 e. The first-order chi connectivity index (χ1) is 8.31. The van der Waals surface area contributed by atoms with E-state index < -0.39 is 11.6 Å². The number of hydrogen-bond donors (Lipinski definition) is 3. The number of esters is 1. The summed E-state index contributed by atoms with van der Waals surface area (Å²) in [5.41, 5.74) is 0.436. The van der Waals surface area contributed by atoms with Gasteiger partial charge in [0.25, 0.3) is 0 Å². The van der Waals surface area contributed by atoms with Crippen molar-refractivity contribution < 1.29 is 14.6 Å². The lowest BCUT2D eigenvalue weighted by molar-refractivity contribution is 0.0483. The van der Waals surface area contributed by atoms with E-state index in [0.29, 0.717) is 23.4 Å². The summed E-state index contributed by atoms with van der Waals surface area (Å²) in [6.07, 6.45) is 0.550. The Morgan fingerprint density at radius 3 is 2.56 bits per heavy atom. The van der Waals surface area contributed by atoms with E-state index >= 15 is 0 Å². The lowest BCUT2D eigenvalue weighted by atomic mass is 9.98. The van der Waals surface area contributed by atoms with Crippen molar-refractivity contribution in [2.45, 2.75) is 39.7 Å². The first-order valence-electron chi connectivity index (χ1n) is 6.02. The normalized spacial score (nSPS) is 11.4. The number of ether oxygens (including phenoxy) is 1. The molecular formula is C13H20N2O3. The predicted molar refractivity (Wildman–Crippen MR) is 69.1 cm³/mol. The largest absolute Gasteiger partial charge is 0.461 e. The summed E-state index contributed by atoms with van der Waals surface area (Å²) in [6, 6.07) is 1.64. The minimum absolute atomic E-state index is 0.220. The van der Waals surface area contributed by atoms with Gasteiger partial charge in [-0.05, 0) is 33.3 Å². The molecule has 1 aromatic rings. The third-order valence-electron chi connectivity index (χ3n) is 2.64. The molecule has 0 radical (unpaired) electrons. The highest BCUT2D eigenvalue weighted by atomic mass is 16.5. The predicted octanol–water partition coefficient (Wildman–Crippen LogP) is 2.20. The molecule has 1 aromatic heterocycles. The average molecular weight is 252 g/mol. The van der Waals surface area contributed by atoms with E-state index in [1.54, 1.807) is 26.8 Å². The van der Waals surface area contributed by atoms with E-state index in [-0.39, 0.29) is 12.3 Å². The summed E-state index contributed by atoms with van der Waals surface area (Å²) in [6.45, 7) is 7.04. The van der Waals surface area contributed by atoms with Crippen molar-refractivity contribution in [3.05, 3.63) is 23.0 Å². The van der Waals surface area contributed by atoms with Crippen LogP contribution < -0.4 is 0 Å². The van der Waals surface area contributed by atoms with E-state index in [2.05, 4.69) is 4.98 Å². The van der Waals surface area contributed by atoms with Crippen LogP contribution >= 0.6 is 0 Å². The van der Waals surface area contributed by atoms with Gasteiger partial charge in [-0.2, -0.15) is 0 Å². The van der Waals surface area contributed by atoms with Crippen molar-refractivity contribution in [3.63, 3.8) is 0 Å². The van der Waals surface area contributed by atoms with Crippen molar-refractivity contribution in [2.24, 2.45) is 0 Å². The van der Waals surface area contributed by atoms with Gasteiger partial charge in [-0.15, -0.1) is 0 Å². The highest BCUT2D eigenvalue weighted by molar-refractivity contribution is 5.99. The van der Waals surface area contributed by atoms with Crippen molar-refractivity contribution in [2.75, 3.05) is 6.61 Å². The number of carbonyl (C=O) groups is 1. The summed E-state index contributed by atoms with van der Waals surface area (Å²) < 4.78 is 4.94. The van der Waals surface area contributed by atoms with Gasteiger partial charge in [0.15, 0.2) is 0 Å². The summed E-state index contributed by atoms with van der Waals surface area (Å²) >= 11 is 0. The molecule has 0 saturated heterocycles. The number of rotatable bonds is 5. The van der Waals surface area contributed by atoms with Gasteiger partial charge in [-0.25, -0.2) is 4.79 Å². The van der Waals surface area contributed by atoms with Gasteiger partial charge in [-0.1, -0.05) is 6.92 Å². The van der Waals surface area contributed by atoms with E-state index in [9.17, 15) is 9.90 Å². The van der Waals surface area contributed by atoms with Crippen LogP contribution in [0.2, 0.25) is 0 Å². The van der Waals surface area contributed by atoms with E-state index in [1.165, 1.54) is 0 Å². The molecule has 3 N–H and O–H groups in total. The maximum absolute atomic E-state index is 11.8. The molecule has 0 saturated carbocycles. The second kappa shape index (κ2) is 5.35. The maximum Gasteiger partial charge on any atom is 0.355 e. The quantitative estimate of drug-likeness (QED) is 0.554. The first kappa shape index (κ1) is 14.4. The topological polar surface area (TPSA) is 86.2 Å². The number of hydrogen-bond acceptors (Lipinski definition) is 4. The van der Waals surface area contributed by atoms with Crippen LogP contribution in [0.4, 0.5) is 0 Å². The Balaban J connectivity index is 3.26. The standard InChI is InChI=1S/C13H20N2O3/c1-5-9(14)10-7-8(13(3,4)17)11(15-10)12(16)18-6-2/h7,14-15,17H,5-6H2,1-4H3. The fraction of sp³-hybridized carbons (Fsp3) is 0.538. The molecule has 5 heteroatoms. The fourth-order valence-electron chi connectivity index (χ4n) is 1.65. The highest BCUT2D eigenvalue weighted by Gasteiger charge is 2.27. The molecule has 0 aliphatic heterocycles. The number of aliphatic hydroxyl groups is 1. The number of nitrogens with one attached hydrogen (secondary N) is 2. The molecule has 0 aromatic carbocycles. The molecule has 0 unspecified atom stereocenters. The third-order valence-corrected chi connectivity index (χ3v) is 2.64. The summed E-state index contributed by atoms with van der Waals surface area (Å²) in [7, 11) is 0. The van der Waals surface area contributed by atoms with E-state index in [4.69, 9.17) is 10.1 Å². The van der Waals surface area contributed by atoms with Crippen LogP contribution in [-0.2, 0) is 10.3 Å². The molecule has 0 amide bonds. The second-order valence-electron chi connectivity index (χ2n) is 4.58. The molecule has 0 aliphatic rings. The van der Waals surface area contributed by atoms with Crippen LogP contribution in [0.3, 0.4) is 0 Å². The third kappa shape index (κ3) is 2.98. The lowest BCUT2D eigenvalue weighted by Gasteiger charge is -2.17. The number of carbonyl (C=O) groups excluding carboxylic acids is 1. The Bertz CT molecular complexity index is 455. The first-order valence-corrected chi connectivity index (χ1v) is 6.02. The number of H-pyrrole nitrogens is 1. The summed E-state index contributed by atoms with van der Waals surface area (Å²) in [5, 5.41) is 17.8. The monoisotopic (exact) mass is 252 g/mol. The summed E-state index contributed by atoms with van der Waals surface area (Å²) in [4.78, 5) is 14.7. The molecule has 100 valence electrons. The number of aromatic nitrogens is 1. The van der Waals surface area contributed by atoms with Gasteiger partial charge in [0, 0.05) is 5.56 Å². The minimum Gasteiger partial charge on any atom is -0.461 e. The van der Waals surface area contributed by atoms with E-state index in [0.717, 1.165) is 0 Å². The van der Waals surface area contributed by atoms with Gasteiger partial charge in [0.1, 0.15) is 5.69 Å². The summed E-state index contributed by atoms with van der Waals surface area (Å²) in [5.74, 6) is -0.509. The maximum atomic E-state index is 11.8. The zero-order valence-electron chi connectivity index (χ0n) is 11.3.